The summed E-state index contributed by atoms with van der Waals surface area (Å²) in [6.45, 7) is 0. The van der Waals surface area contributed by atoms with Gasteiger partial charge in [0, 0.05) is 6.07 Å². The number of hydrogen-bond donors (Lipinski definition) is 3. The summed E-state index contributed by atoms with van der Waals surface area (Å²) in [4.78, 5) is 0. The highest BCUT2D eigenvalue weighted by Crippen LogP contribution is 2.30. The molecular formula is C17H20O5. The van der Waals surface area contributed by atoms with Crippen molar-refractivity contribution in [1.82, 2.24) is 0 Å². The van der Waals surface area contributed by atoms with Gasteiger partial charge in [0.05, 0.1) is 20.3 Å². The standard InChI is InChI=1S/C17H20O5/c1-21-16-6-4-11(7-17(16)22-2)3-5-15(20)12-8-13(18)10-14(19)9-12/h4,6-10,15,18-20H,3,5H2,1-2H3. The number of phenolic OH excluding ortho intramolecular Hbond substituents is 2. The number of methoxy groups -OCH3 is 2. The average Bonchev–Trinajstić information content (AvgIpc) is 2.51. The number of rotatable bonds is 6. The molecular weight excluding hydrogens is 284 g/mol. The zero-order chi connectivity index (χ0) is 16.1. The fourth-order valence-electron chi connectivity index (χ4n) is 2.32. The number of phenols is 2. The van der Waals surface area contributed by atoms with E-state index in [9.17, 15) is 15.3 Å². The van der Waals surface area contributed by atoms with E-state index in [1.807, 2.05) is 18.2 Å². The molecule has 2 aromatic rings. The second-order valence-corrected chi connectivity index (χ2v) is 5.03. The highest BCUT2D eigenvalue weighted by atomic mass is 16.5. The van der Waals surface area contributed by atoms with Crippen molar-refractivity contribution in [3.05, 3.63) is 47.5 Å². The van der Waals surface area contributed by atoms with Crippen molar-refractivity contribution in [2.24, 2.45) is 0 Å². The fourth-order valence-corrected chi connectivity index (χ4v) is 2.32. The van der Waals surface area contributed by atoms with E-state index in [2.05, 4.69) is 0 Å². The Bertz CT molecular complexity index is 619. The lowest BCUT2D eigenvalue weighted by Gasteiger charge is -2.13. The van der Waals surface area contributed by atoms with Crippen molar-refractivity contribution in [2.45, 2.75) is 18.9 Å². The molecule has 0 bridgehead atoms. The van der Waals surface area contributed by atoms with Gasteiger partial charge < -0.3 is 24.8 Å². The Morgan fingerprint density at radius 1 is 0.909 bits per heavy atom. The van der Waals surface area contributed by atoms with Crippen molar-refractivity contribution < 1.29 is 24.8 Å². The number of aryl methyl sites for hydroxylation is 1. The van der Waals surface area contributed by atoms with Crippen molar-refractivity contribution >= 4 is 0 Å². The lowest BCUT2D eigenvalue weighted by atomic mass is 10.0. The number of hydrogen-bond acceptors (Lipinski definition) is 5. The van der Waals surface area contributed by atoms with E-state index in [-0.39, 0.29) is 11.5 Å². The molecule has 0 aliphatic rings. The fraction of sp³-hybridized carbons (Fsp3) is 0.294. The van der Waals surface area contributed by atoms with Crippen LogP contribution in [0.3, 0.4) is 0 Å². The van der Waals surface area contributed by atoms with Crippen LogP contribution in [-0.2, 0) is 6.42 Å². The maximum absolute atomic E-state index is 10.2. The van der Waals surface area contributed by atoms with Gasteiger partial charge in [0.1, 0.15) is 11.5 Å². The summed E-state index contributed by atoms with van der Waals surface area (Å²) < 4.78 is 10.4. The Labute approximate surface area is 129 Å². The lowest BCUT2D eigenvalue weighted by molar-refractivity contribution is 0.167. The molecule has 0 radical (unpaired) electrons. The molecule has 2 aromatic carbocycles. The summed E-state index contributed by atoms with van der Waals surface area (Å²) in [5, 5.41) is 29.1. The Balaban J connectivity index is 2.06. The van der Waals surface area contributed by atoms with Crippen LogP contribution in [0.2, 0.25) is 0 Å². The van der Waals surface area contributed by atoms with E-state index in [4.69, 9.17) is 9.47 Å². The van der Waals surface area contributed by atoms with Gasteiger partial charge in [-0.25, -0.2) is 0 Å². The van der Waals surface area contributed by atoms with Gasteiger partial charge in [-0.1, -0.05) is 6.07 Å². The first-order valence-corrected chi connectivity index (χ1v) is 6.95. The van der Waals surface area contributed by atoms with Crippen LogP contribution in [0.25, 0.3) is 0 Å². The Morgan fingerprint density at radius 3 is 2.14 bits per heavy atom. The Hall–Kier alpha value is -2.40. The number of aliphatic hydroxyl groups is 1. The van der Waals surface area contributed by atoms with Gasteiger partial charge in [-0.05, 0) is 48.2 Å². The van der Waals surface area contributed by atoms with Gasteiger partial charge in [0.2, 0.25) is 0 Å². The van der Waals surface area contributed by atoms with Crippen LogP contribution in [0.4, 0.5) is 0 Å². The first-order valence-electron chi connectivity index (χ1n) is 6.95. The highest BCUT2D eigenvalue weighted by Gasteiger charge is 2.11. The molecule has 5 heteroatoms. The first kappa shape index (κ1) is 16.0. The normalized spacial score (nSPS) is 12.0. The van der Waals surface area contributed by atoms with Gasteiger partial charge in [-0.15, -0.1) is 0 Å². The van der Waals surface area contributed by atoms with Crippen LogP contribution in [0, 0.1) is 0 Å². The summed E-state index contributed by atoms with van der Waals surface area (Å²) in [6.07, 6.45) is 0.308. The molecule has 0 saturated carbocycles. The maximum atomic E-state index is 10.2. The Kier molecular flexibility index (Phi) is 5.12. The molecule has 0 heterocycles. The zero-order valence-corrected chi connectivity index (χ0v) is 12.6. The third-order valence-electron chi connectivity index (χ3n) is 3.46. The molecule has 5 nitrogen and oxygen atoms in total. The second kappa shape index (κ2) is 7.04. The minimum atomic E-state index is -0.772. The van der Waals surface area contributed by atoms with Crippen molar-refractivity contribution in [3.63, 3.8) is 0 Å². The van der Waals surface area contributed by atoms with E-state index in [1.54, 1.807) is 14.2 Å². The number of ether oxygens (including phenoxy) is 2. The van der Waals surface area contributed by atoms with Gasteiger partial charge >= 0.3 is 0 Å². The summed E-state index contributed by atoms with van der Waals surface area (Å²) >= 11 is 0. The van der Waals surface area contributed by atoms with Crippen LogP contribution in [-0.4, -0.2) is 29.5 Å². The third-order valence-corrected chi connectivity index (χ3v) is 3.46. The van der Waals surface area contributed by atoms with E-state index in [1.165, 1.54) is 18.2 Å². The molecule has 0 aromatic heterocycles. The Morgan fingerprint density at radius 2 is 1.55 bits per heavy atom. The molecule has 0 aliphatic heterocycles. The molecule has 1 unspecified atom stereocenters. The molecule has 118 valence electrons. The monoisotopic (exact) mass is 304 g/mol. The molecule has 1 atom stereocenters. The van der Waals surface area contributed by atoms with Crippen molar-refractivity contribution in [2.75, 3.05) is 14.2 Å². The largest absolute Gasteiger partial charge is 0.508 e. The van der Waals surface area contributed by atoms with Crippen LogP contribution < -0.4 is 9.47 Å². The van der Waals surface area contributed by atoms with E-state index >= 15 is 0 Å². The van der Waals surface area contributed by atoms with Gasteiger partial charge in [-0.2, -0.15) is 0 Å². The van der Waals surface area contributed by atoms with E-state index in [0.717, 1.165) is 5.56 Å². The van der Waals surface area contributed by atoms with Crippen LogP contribution in [0.15, 0.2) is 36.4 Å². The molecule has 0 fully saturated rings. The van der Waals surface area contributed by atoms with E-state index in [0.29, 0.717) is 29.9 Å². The molecule has 0 saturated heterocycles. The predicted molar refractivity (Wildman–Crippen MR) is 82.6 cm³/mol. The third kappa shape index (κ3) is 3.83. The molecule has 3 N–H and O–H groups in total. The molecule has 0 amide bonds. The van der Waals surface area contributed by atoms with Gasteiger partial charge in [-0.3, -0.25) is 0 Å². The highest BCUT2D eigenvalue weighted by molar-refractivity contribution is 5.43. The minimum Gasteiger partial charge on any atom is -0.508 e. The topological polar surface area (TPSA) is 79.2 Å². The van der Waals surface area contributed by atoms with Crippen molar-refractivity contribution in [1.29, 1.82) is 0 Å². The van der Waals surface area contributed by atoms with Crippen LogP contribution in [0.5, 0.6) is 23.0 Å². The predicted octanol–water partition coefficient (Wildman–Crippen LogP) is 2.78. The number of benzene rings is 2. The zero-order valence-electron chi connectivity index (χ0n) is 12.6. The van der Waals surface area contributed by atoms with E-state index < -0.39 is 6.10 Å². The molecule has 22 heavy (non-hydrogen) atoms. The first-order chi connectivity index (χ1) is 10.5. The molecule has 0 spiro atoms. The maximum Gasteiger partial charge on any atom is 0.160 e. The summed E-state index contributed by atoms with van der Waals surface area (Å²) in [5.41, 5.74) is 1.49. The smallest absolute Gasteiger partial charge is 0.160 e. The summed E-state index contributed by atoms with van der Waals surface area (Å²) in [6, 6.07) is 9.71. The van der Waals surface area contributed by atoms with Crippen LogP contribution in [0.1, 0.15) is 23.7 Å². The van der Waals surface area contributed by atoms with Crippen molar-refractivity contribution in [3.8, 4) is 23.0 Å². The number of aliphatic hydroxyl groups excluding tert-OH is 1. The summed E-state index contributed by atoms with van der Waals surface area (Å²) in [5.74, 6) is 1.16. The summed E-state index contributed by atoms with van der Waals surface area (Å²) in [7, 11) is 3.15. The molecule has 0 aliphatic carbocycles. The van der Waals surface area contributed by atoms with Gasteiger partial charge in [0.25, 0.3) is 0 Å². The van der Waals surface area contributed by atoms with Gasteiger partial charge in [0.15, 0.2) is 11.5 Å². The average molecular weight is 304 g/mol. The number of aromatic hydroxyl groups is 2. The minimum absolute atomic E-state index is 0.0693. The lowest BCUT2D eigenvalue weighted by Crippen LogP contribution is -2.00. The van der Waals surface area contributed by atoms with Crippen LogP contribution >= 0.6 is 0 Å². The SMILES string of the molecule is COc1ccc(CCC(O)c2cc(O)cc(O)c2)cc1OC. The quantitative estimate of drug-likeness (QED) is 0.765. The molecule has 2 rings (SSSR count). The second-order valence-electron chi connectivity index (χ2n) is 5.03.